The van der Waals surface area contributed by atoms with E-state index in [2.05, 4.69) is 10.0 Å². The van der Waals surface area contributed by atoms with E-state index in [9.17, 15) is 8.42 Å². The molecule has 0 saturated carbocycles. The first-order valence-corrected chi connectivity index (χ1v) is 8.75. The summed E-state index contributed by atoms with van der Waals surface area (Å²) in [4.78, 5) is 0.0827. The molecule has 122 valence electrons. The van der Waals surface area contributed by atoms with Crippen LogP contribution in [-0.2, 0) is 10.0 Å². The van der Waals surface area contributed by atoms with E-state index in [1.807, 2.05) is 13.8 Å². The summed E-state index contributed by atoms with van der Waals surface area (Å²) in [5.41, 5.74) is 6.00. The van der Waals surface area contributed by atoms with Crippen molar-refractivity contribution in [1.29, 1.82) is 5.41 Å². The van der Waals surface area contributed by atoms with Crippen LogP contribution in [0, 0.1) is 5.41 Å². The predicted molar refractivity (Wildman–Crippen MR) is 90.6 cm³/mol. The van der Waals surface area contributed by atoms with Gasteiger partial charge in [-0.15, -0.1) is 0 Å². The number of nitrogens with one attached hydrogen (secondary N) is 3. The molecule has 8 heteroatoms. The van der Waals surface area contributed by atoms with E-state index < -0.39 is 10.0 Å². The van der Waals surface area contributed by atoms with Crippen molar-refractivity contribution in [3.8, 4) is 0 Å². The molecule has 1 rings (SSSR count). The van der Waals surface area contributed by atoms with Crippen LogP contribution in [0.5, 0.6) is 0 Å². The van der Waals surface area contributed by atoms with Gasteiger partial charge in [0, 0.05) is 12.3 Å². The van der Waals surface area contributed by atoms with Gasteiger partial charge in [-0.3, -0.25) is 0 Å². The molecule has 0 heterocycles. The minimum atomic E-state index is -3.68. The molecule has 0 aliphatic rings. The third-order valence-corrected chi connectivity index (χ3v) is 5.03. The smallest absolute Gasteiger partial charge is 0.242 e. The highest BCUT2D eigenvalue weighted by molar-refractivity contribution is 7.89. The van der Waals surface area contributed by atoms with E-state index in [1.165, 1.54) is 6.07 Å². The van der Waals surface area contributed by atoms with Gasteiger partial charge < -0.3 is 16.5 Å². The van der Waals surface area contributed by atoms with Crippen molar-refractivity contribution in [2.75, 3.05) is 5.32 Å². The van der Waals surface area contributed by atoms with Gasteiger partial charge in [0.2, 0.25) is 10.0 Å². The molecule has 0 aromatic heterocycles. The zero-order chi connectivity index (χ0) is 16.8. The van der Waals surface area contributed by atoms with E-state index >= 15 is 0 Å². The van der Waals surface area contributed by atoms with Crippen LogP contribution in [0.1, 0.15) is 26.7 Å². The molecule has 1 aromatic carbocycles. The fourth-order valence-electron chi connectivity index (χ4n) is 1.83. The summed E-state index contributed by atoms with van der Waals surface area (Å²) in [6.07, 6.45) is 2.28. The standard InChI is InChI=1S/C14H21ClN4O2S/c1-3-10(4-2)19-22(20,21)13-8-6-5-7-12(13)18-14(17)11(15)9-16/h5-10,16,18-19H,3-4,17H2,1-2H3/b14-11-,16-9?. The summed E-state index contributed by atoms with van der Waals surface area (Å²) < 4.78 is 27.7. The maximum atomic E-state index is 12.5. The highest BCUT2D eigenvalue weighted by Crippen LogP contribution is 2.23. The molecule has 22 heavy (non-hydrogen) atoms. The Hall–Kier alpha value is -1.57. The Morgan fingerprint density at radius 3 is 2.50 bits per heavy atom. The number of benzene rings is 1. The normalized spacial score (nSPS) is 12.9. The quantitative estimate of drug-likeness (QED) is 0.543. The first kappa shape index (κ1) is 18.5. The summed E-state index contributed by atoms with van der Waals surface area (Å²) in [5.74, 6) is 0.0156. The van der Waals surface area contributed by atoms with Crippen LogP contribution in [0.4, 0.5) is 5.69 Å². The third-order valence-electron chi connectivity index (χ3n) is 3.14. The maximum absolute atomic E-state index is 12.5. The SMILES string of the molecule is CCC(CC)NS(=O)(=O)c1ccccc1N/C(N)=C(\Cl)C=N. The number of halogens is 1. The van der Waals surface area contributed by atoms with Gasteiger partial charge in [-0.2, -0.15) is 0 Å². The van der Waals surface area contributed by atoms with Gasteiger partial charge in [0.05, 0.1) is 10.7 Å². The number of hydrogen-bond donors (Lipinski definition) is 4. The number of sulfonamides is 1. The number of rotatable bonds is 8. The second-order valence-corrected chi connectivity index (χ2v) is 6.75. The molecule has 0 fully saturated rings. The number of hydrogen-bond acceptors (Lipinski definition) is 5. The highest BCUT2D eigenvalue weighted by Gasteiger charge is 2.21. The van der Waals surface area contributed by atoms with E-state index in [1.54, 1.807) is 18.2 Å². The molecule has 0 bridgehead atoms. The average Bonchev–Trinajstić information content (AvgIpc) is 2.52. The fraction of sp³-hybridized carbons (Fsp3) is 0.357. The molecule has 5 N–H and O–H groups in total. The molecule has 0 saturated heterocycles. The Morgan fingerprint density at radius 2 is 1.95 bits per heavy atom. The van der Waals surface area contributed by atoms with Gasteiger partial charge in [-0.25, -0.2) is 13.1 Å². The maximum Gasteiger partial charge on any atom is 0.242 e. The van der Waals surface area contributed by atoms with Crippen LogP contribution in [0.3, 0.4) is 0 Å². The van der Waals surface area contributed by atoms with E-state index in [4.69, 9.17) is 22.7 Å². The molecule has 0 atom stereocenters. The Bertz CT molecular complexity index is 655. The number of para-hydroxylation sites is 1. The third kappa shape index (κ3) is 4.72. The number of nitrogens with two attached hydrogens (primary N) is 1. The lowest BCUT2D eigenvalue weighted by molar-refractivity contribution is 0.530. The number of anilines is 1. The van der Waals surface area contributed by atoms with Gasteiger partial charge in [0.15, 0.2) is 0 Å². The number of allylic oxidation sites excluding steroid dienone is 1. The molecule has 6 nitrogen and oxygen atoms in total. The van der Waals surface area contributed by atoms with E-state index in [0.29, 0.717) is 18.5 Å². The Kier molecular flexibility index (Phi) is 6.86. The van der Waals surface area contributed by atoms with Crippen molar-refractivity contribution in [2.45, 2.75) is 37.6 Å². The lowest BCUT2D eigenvalue weighted by Gasteiger charge is -2.18. The summed E-state index contributed by atoms with van der Waals surface area (Å²) >= 11 is 5.75. The molecule has 0 aliphatic carbocycles. The van der Waals surface area contributed by atoms with Crippen LogP contribution >= 0.6 is 11.6 Å². The van der Waals surface area contributed by atoms with Crippen molar-refractivity contribution >= 4 is 33.5 Å². The molecule has 0 spiro atoms. The van der Waals surface area contributed by atoms with Crippen LogP contribution in [0.2, 0.25) is 0 Å². The van der Waals surface area contributed by atoms with Crippen molar-refractivity contribution in [3.05, 3.63) is 35.1 Å². The van der Waals surface area contributed by atoms with Crippen LogP contribution in [-0.4, -0.2) is 20.7 Å². The first-order valence-electron chi connectivity index (χ1n) is 6.89. The summed E-state index contributed by atoms with van der Waals surface area (Å²) in [7, 11) is -3.68. The monoisotopic (exact) mass is 344 g/mol. The Morgan fingerprint density at radius 1 is 1.36 bits per heavy atom. The fourth-order valence-corrected chi connectivity index (χ4v) is 3.44. The second-order valence-electron chi connectivity index (χ2n) is 4.66. The molecule has 0 radical (unpaired) electrons. The summed E-state index contributed by atoms with van der Waals surface area (Å²) in [6.45, 7) is 3.84. The van der Waals surface area contributed by atoms with Crippen molar-refractivity contribution in [3.63, 3.8) is 0 Å². The van der Waals surface area contributed by atoms with E-state index in [-0.39, 0.29) is 21.8 Å². The average molecular weight is 345 g/mol. The van der Waals surface area contributed by atoms with E-state index in [0.717, 1.165) is 6.21 Å². The van der Waals surface area contributed by atoms with Crippen molar-refractivity contribution in [1.82, 2.24) is 4.72 Å². The topological polar surface area (TPSA) is 108 Å². The van der Waals surface area contributed by atoms with Crippen molar-refractivity contribution in [2.24, 2.45) is 5.73 Å². The van der Waals surface area contributed by atoms with Crippen LogP contribution < -0.4 is 15.8 Å². The Balaban J connectivity index is 3.18. The molecular formula is C14H21ClN4O2S. The van der Waals surface area contributed by atoms with Gasteiger partial charge in [0.25, 0.3) is 0 Å². The van der Waals surface area contributed by atoms with Crippen LogP contribution in [0.15, 0.2) is 40.0 Å². The molecular weight excluding hydrogens is 324 g/mol. The minimum Gasteiger partial charge on any atom is -0.384 e. The first-order chi connectivity index (χ1) is 10.4. The van der Waals surface area contributed by atoms with Gasteiger partial charge in [-0.05, 0) is 25.0 Å². The lowest BCUT2D eigenvalue weighted by Crippen LogP contribution is -2.34. The van der Waals surface area contributed by atoms with Crippen LogP contribution in [0.25, 0.3) is 0 Å². The Labute approximate surface area is 136 Å². The largest absolute Gasteiger partial charge is 0.384 e. The van der Waals surface area contributed by atoms with Gasteiger partial charge in [-0.1, -0.05) is 37.6 Å². The summed E-state index contributed by atoms with van der Waals surface area (Å²) in [6, 6.07) is 6.26. The van der Waals surface area contributed by atoms with Crippen molar-refractivity contribution < 1.29 is 8.42 Å². The molecule has 1 aromatic rings. The van der Waals surface area contributed by atoms with Gasteiger partial charge >= 0.3 is 0 Å². The molecule has 0 amide bonds. The predicted octanol–water partition coefficient (Wildman–Crippen LogP) is 2.58. The molecule has 0 aliphatic heterocycles. The zero-order valence-corrected chi connectivity index (χ0v) is 14.1. The minimum absolute atomic E-state index is 0.000142. The highest BCUT2D eigenvalue weighted by atomic mass is 35.5. The zero-order valence-electron chi connectivity index (χ0n) is 12.6. The second kappa shape index (κ2) is 8.17. The molecule has 0 unspecified atom stereocenters. The lowest BCUT2D eigenvalue weighted by atomic mass is 10.2. The summed E-state index contributed by atoms with van der Waals surface area (Å²) in [5, 5.41) is 9.79. The van der Waals surface area contributed by atoms with Gasteiger partial charge in [0.1, 0.15) is 10.7 Å².